The lowest BCUT2D eigenvalue weighted by molar-refractivity contribution is -0.274. The van der Waals surface area contributed by atoms with Crippen LogP contribution in [0, 0.1) is 28.6 Å². The first-order chi connectivity index (χ1) is 18.2. The van der Waals surface area contributed by atoms with Crippen LogP contribution in [-0.4, -0.2) is 50.9 Å². The molecular formula is C32H40FNO5. The first kappa shape index (κ1) is 26.9. The molecular weight excluding hydrogens is 497 g/mol. The summed E-state index contributed by atoms with van der Waals surface area (Å²) in [6, 6.07) is 8.34. The molecule has 1 heterocycles. The van der Waals surface area contributed by atoms with Gasteiger partial charge in [0.25, 0.3) is 0 Å². The summed E-state index contributed by atoms with van der Waals surface area (Å²) >= 11 is 0. The van der Waals surface area contributed by atoms with Gasteiger partial charge in [0.2, 0.25) is 0 Å². The third-order valence-corrected chi connectivity index (χ3v) is 11.2. The lowest BCUT2D eigenvalue weighted by Gasteiger charge is -2.62. The molecule has 3 saturated carbocycles. The van der Waals surface area contributed by atoms with Gasteiger partial charge in [-0.15, -0.1) is 0 Å². The van der Waals surface area contributed by atoms with Crippen LogP contribution in [0.2, 0.25) is 0 Å². The SMILES string of the molecule is CC(C)(C)c1ccc(CN2C[C@@H]3C[C@H]4[C@@H]5CCC6=CC(=O)C=C[C@]6(C)[C@@]5(F)[C@@H](O)C[C@]4(C)[C@]3(C(=O)O)O2)cc1. The van der Waals surface area contributed by atoms with E-state index in [-0.39, 0.29) is 29.5 Å². The number of hydrogen-bond acceptors (Lipinski definition) is 5. The molecule has 1 aromatic carbocycles. The number of aliphatic carboxylic acids is 1. The number of aliphatic hydroxyl groups excluding tert-OH is 1. The van der Waals surface area contributed by atoms with E-state index in [1.165, 1.54) is 17.7 Å². The molecule has 5 aliphatic rings. The van der Waals surface area contributed by atoms with Gasteiger partial charge in [0.1, 0.15) is 0 Å². The van der Waals surface area contributed by atoms with E-state index in [0.717, 1.165) is 11.1 Å². The molecule has 6 rings (SSSR count). The predicted molar refractivity (Wildman–Crippen MR) is 144 cm³/mol. The van der Waals surface area contributed by atoms with E-state index in [0.29, 0.717) is 32.4 Å². The second-order valence-corrected chi connectivity index (χ2v) is 14.1. The van der Waals surface area contributed by atoms with Crippen molar-refractivity contribution in [2.24, 2.45) is 28.6 Å². The molecule has 0 bridgehead atoms. The molecule has 210 valence electrons. The Bertz CT molecular complexity index is 1280. The summed E-state index contributed by atoms with van der Waals surface area (Å²) in [5.41, 5.74) is -2.52. The number of nitrogens with zero attached hydrogens (tertiary/aromatic N) is 1. The first-order valence-corrected chi connectivity index (χ1v) is 14.2. The average Bonchev–Trinajstić information content (AvgIpc) is 3.33. The van der Waals surface area contributed by atoms with E-state index in [1.54, 1.807) is 18.1 Å². The van der Waals surface area contributed by atoms with Gasteiger partial charge < -0.3 is 10.2 Å². The monoisotopic (exact) mass is 537 g/mol. The molecule has 6 nitrogen and oxygen atoms in total. The standard InChI is InChI=1S/C32H40FNO5/c1-28(2,3)20-8-6-19(7-9-20)17-34-18-22-15-25-24-11-10-21-14-23(35)12-13-29(21,4)31(24,33)26(36)16-30(25,5)32(22,39-34)27(37)38/h6-9,12-14,22,24-26,36H,10-11,15-18H2,1-5H3,(H,37,38)/t22-,24-,25-,26-,29-,30-,31-,32-/m0/s1. The highest BCUT2D eigenvalue weighted by Gasteiger charge is 2.79. The topological polar surface area (TPSA) is 87.1 Å². The number of carbonyl (C=O) groups excluding carboxylic acids is 1. The van der Waals surface area contributed by atoms with Crippen LogP contribution in [0.5, 0.6) is 0 Å². The quantitative estimate of drug-likeness (QED) is 0.555. The number of alkyl halides is 1. The number of fused-ring (bicyclic) bond motifs is 7. The molecule has 4 fully saturated rings. The Balaban J connectivity index is 1.31. The Morgan fingerprint density at radius 3 is 2.51 bits per heavy atom. The maximum atomic E-state index is 17.4. The fourth-order valence-corrected chi connectivity index (χ4v) is 9.10. The maximum absolute atomic E-state index is 17.4. The second-order valence-electron chi connectivity index (χ2n) is 14.1. The van der Waals surface area contributed by atoms with E-state index in [4.69, 9.17) is 4.84 Å². The Kier molecular flexibility index (Phi) is 5.74. The zero-order valence-corrected chi connectivity index (χ0v) is 23.5. The summed E-state index contributed by atoms with van der Waals surface area (Å²) < 4.78 is 17.4. The largest absolute Gasteiger partial charge is 0.479 e. The van der Waals surface area contributed by atoms with Gasteiger partial charge in [-0.25, -0.2) is 9.18 Å². The first-order valence-electron chi connectivity index (χ1n) is 14.2. The minimum absolute atomic E-state index is 0.00770. The molecule has 1 aromatic rings. The van der Waals surface area contributed by atoms with Crippen molar-refractivity contribution in [3.63, 3.8) is 0 Å². The zero-order valence-electron chi connectivity index (χ0n) is 23.5. The van der Waals surface area contributed by atoms with Crippen LogP contribution in [0.4, 0.5) is 4.39 Å². The van der Waals surface area contributed by atoms with Crippen LogP contribution >= 0.6 is 0 Å². The highest BCUT2D eigenvalue weighted by atomic mass is 19.1. The molecule has 1 saturated heterocycles. The fourth-order valence-electron chi connectivity index (χ4n) is 9.10. The van der Waals surface area contributed by atoms with Gasteiger partial charge in [-0.3, -0.25) is 9.63 Å². The van der Waals surface area contributed by atoms with Crippen molar-refractivity contribution in [2.45, 2.75) is 89.6 Å². The Morgan fingerprint density at radius 1 is 1.18 bits per heavy atom. The molecule has 0 amide bonds. The van der Waals surface area contributed by atoms with E-state index < -0.39 is 40.1 Å². The van der Waals surface area contributed by atoms with Gasteiger partial charge in [-0.05, 0) is 67.2 Å². The highest BCUT2D eigenvalue weighted by Crippen LogP contribution is 2.72. The zero-order chi connectivity index (χ0) is 28.2. The predicted octanol–water partition coefficient (Wildman–Crippen LogP) is 5.15. The fraction of sp³-hybridized carbons (Fsp3) is 0.625. The van der Waals surface area contributed by atoms with E-state index in [2.05, 4.69) is 45.0 Å². The number of carboxylic acids is 1. The number of halogens is 1. The molecule has 0 unspecified atom stereocenters. The Hall–Kier alpha value is -2.35. The van der Waals surface area contributed by atoms with Crippen LogP contribution in [0.3, 0.4) is 0 Å². The van der Waals surface area contributed by atoms with Gasteiger partial charge >= 0.3 is 5.97 Å². The minimum Gasteiger partial charge on any atom is -0.479 e. The summed E-state index contributed by atoms with van der Waals surface area (Å²) in [5, 5.41) is 24.0. The smallest absolute Gasteiger partial charge is 0.339 e. The molecule has 0 radical (unpaired) electrons. The van der Waals surface area contributed by atoms with Crippen LogP contribution in [0.1, 0.15) is 71.4 Å². The van der Waals surface area contributed by atoms with Crippen molar-refractivity contribution < 1.29 is 29.0 Å². The molecule has 8 atom stereocenters. The van der Waals surface area contributed by atoms with Gasteiger partial charge in [0.15, 0.2) is 17.1 Å². The summed E-state index contributed by atoms with van der Waals surface area (Å²) in [7, 11) is 0. The second kappa shape index (κ2) is 8.34. The maximum Gasteiger partial charge on any atom is 0.339 e. The van der Waals surface area contributed by atoms with Crippen molar-refractivity contribution >= 4 is 11.8 Å². The van der Waals surface area contributed by atoms with Gasteiger partial charge in [-0.2, -0.15) is 5.06 Å². The third-order valence-electron chi connectivity index (χ3n) is 11.2. The van der Waals surface area contributed by atoms with Gasteiger partial charge in [0.05, 0.1) is 6.10 Å². The van der Waals surface area contributed by atoms with Crippen molar-refractivity contribution in [3.8, 4) is 0 Å². The molecule has 7 heteroatoms. The number of hydrogen-bond donors (Lipinski definition) is 2. The lowest BCUT2D eigenvalue weighted by Crippen LogP contribution is -2.69. The molecule has 39 heavy (non-hydrogen) atoms. The van der Waals surface area contributed by atoms with E-state index in [1.807, 2.05) is 6.92 Å². The molecule has 1 aliphatic heterocycles. The molecule has 0 spiro atoms. The van der Waals surface area contributed by atoms with Crippen molar-refractivity contribution in [2.75, 3.05) is 6.54 Å². The normalized spacial score (nSPS) is 43.4. The summed E-state index contributed by atoms with van der Waals surface area (Å²) in [6.07, 6.45) is 4.74. The number of benzene rings is 1. The molecule has 4 aliphatic carbocycles. The molecule has 0 aromatic heterocycles. The average molecular weight is 538 g/mol. The molecule has 2 N–H and O–H groups in total. The highest BCUT2D eigenvalue weighted by molar-refractivity contribution is 6.01. The van der Waals surface area contributed by atoms with Crippen LogP contribution in [0.15, 0.2) is 48.1 Å². The number of hydroxylamine groups is 2. The van der Waals surface area contributed by atoms with Gasteiger partial charge in [-0.1, -0.05) is 63.6 Å². The van der Waals surface area contributed by atoms with E-state index >= 15 is 4.39 Å². The van der Waals surface area contributed by atoms with Gasteiger partial charge in [0, 0.05) is 35.8 Å². The van der Waals surface area contributed by atoms with Crippen LogP contribution in [-0.2, 0) is 26.4 Å². The summed E-state index contributed by atoms with van der Waals surface area (Å²) in [6.45, 7) is 11.1. The number of carboxylic acid groups (broad SMARTS) is 1. The Labute approximate surface area is 229 Å². The van der Waals surface area contributed by atoms with Crippen LogP contribution in [0.25, 0.3) is 0 Å². The number of rotatable bonds is 3. The van der Waals surface area contributed by atoms with Crippen molar-refractivity contribution in [1.29, 1.82) is 0 Å². The van der Waals surface area contributed by atoms with Crippen molar-refractivity contribution in [1.82, 2.24) is 5.06 Å². The summed E-state index contributed by atoms with van der Waals surface area (Å²) in [4.78, 5) is 31.6. The lowest BCUT2D eigenvalue weighted by atomic mass is 9.45. The Morgan fingerprint density at radius 2 is 1.87 bits per heavy atom. The number of ketones is 1. The van der Waals surface area contributed by atoms with E-state index in [9.17, 15) is 19.8 Å². The number of allylic oxidation sites excluding steroid dienone is 4. The van der Waals surface area contributed by atoms with Crippen molar-refractivity contribution in [3.05, 3.63) is 59.2 Å². The summed E-state index contributed by atoms with van der Waals surface area (Å²) in [5.74, 6) is -2.30. The minimum atomic E-state index is -1.98. The number of aliphatic hydroxyl groups is 1. The number of carbonyl (C=O) groups is 2. The third kappa shape index (κ3) is 3.42. The van der Waals surface area contributed by atoms with Crippen LogP contribution < -0.4 is 0 Å².